The molecule has 3 aromatic carbocycles. The van der Waals surface area contributed by atoms with Crippen molar-refractivity contribution in [2.45, 2.75) is 9.79 Å². The van der Waals surface area contributed by atoms with Crippen LogP contribution >= 0.6 is 11.8 Å². The lowest BCUT2D eigenvalue weighted by Gasteiger charge is -2.13. The minimum absolute atomic E-state index is 0.180. The van der Waals surface area contributed by atoms with E-state index in [0.717, 1.165) is 11.2 Å². The van der Waals surface area contributed by atoms with Gasteiger partial charge in [0.05, 0.1) is 22.3 Å². The Morgan fingerprint density at radius 3 is 2.03 bits per heavy atom. The van der Waals surface area contributed by atoms with E-state index < -0.39 is 15.7 Å². The van der Waals surface area contributed by atoms with Crippen LogP contribution in [0, 0.1) is 5.82 Å². The number of thioether (sulfide) groups is 1. The Kier molecular flexibility index (Phi) is 5.99. The van der Waals surface area contributed by atoms with Crippen LogP contribution in [-0.4, -0.2) is 30.7 Å². The molecule has 8 heteroatoms. The molecule has 4 rings (SSSR count). The number of benzene rings is 3. The van der Waals surface area contributed by atoms with E-state index in [4.69, 9.17) is 0 Å². The highest BCUT2D eigenvalue weighted by atomic mass is 32.2. The molecule has 1 heterocycles. The molecule has 5 nitrogen and oxygen atoms in total. The minimum Gasteiger partial charge on any atom is -0.267 e. The van der Waals surface area contributed by atoms with Crippen molar-refractivity contribution in [3.05, 3.63) is 95.2 Å². The van der Waals surface area contributed by atoms with Gasteiger partial charge in [-0.2, -0.15) is 9.78 Å². The number of nitrogens with zero attached hydrogens (tertiary/aromatic N) is 2. The molecule has 0 fully saturated rings. The first-order valence-electron chi connectivity index (χ1n) is 9.61. The first-order valence-corrected chi connectivity index (χ1v) is 12.7. The van der Waals surface area contributed by atoms with Gasteiger partial charge in [0.15, 0.2) is 9.84 Å². The summed E-state index contributed by atoms with van der Waals surface area (Å²) in [4.78, 5) is 14.8. The lowest BCUT2D eigenvalue weighted by molar-refractivity contribution is 0.602. The summed E-state index contributed by atoms with van der Waals surface area (Å²) in [6.45, 7) is 0. The summed E-state index contributed by atoms with van der Waals surface area (Å²) in [5, 5.41) is 4.36. The SMILES string of the molecule is CSc1ccc(-n2ncc(-c3ccc(S(C)(=O)=O)cc3)c(-c3ccc(F)cc3)c2=O)cc1. The van der Waals surface area contributed by atoms with Gasteiger partial charge >= 0.3 is 0 Å². The quantitative estimate of drug-likeness (QED) is 0.394. The minimum atomic E-state index is -3.35. The summed E-state index contributed by atoms with van der Waals surface area (Å²) in [7, 11) is -3.35. The molecule has 0 amide bonds. The Labute approximate surface area is 189 Å². The van der Waals surface area contributed by atoms with E-state index in [1.807, 2.05) is 30.5 Å². The zero-order chi connectivity index (χ0) is 22.9. The van der Waals surface area contributed by atoms with Crippen LogP contribution in [0.3, 0.4) is 0 Å². The fourth-order valence-electron chi connectivity index (χ4n) is 3.36. The maximum atomic E-state index is 13.5. The first-order chi connectivity index (χ1) is 15.3. The van der Waals surface area contributed by atoms with Crippen molar-refractivity contribution in [2.75, 3.05) is 12.5 Å². The van der Waals surface area contributed by atoms with Gasteiger partial charge < -0.3 is 0 Å². The molecule has 0 bridgehead atoms. The predicted octanol–water partition coefficient (Wildman–Crippen LogP) is 4.83. The van der Waals surface area contributed by atoms with Crippen molar-refractivity contribution >= 4 is 21.6 Å². The molecule has 32 heavy (non-hydrogen) atoms. The largest absolute Gasteiger partial charge is 0.279 e. The van der Waals surface area contributed by atoms with Crippen LogP contribution in [-0.2, 0) is 9.84 Å². The number of sulfone groups is 1. The third-order valence-corrected chi connectivity index (χ3v) is 6.89. The molecule has 0 unspecified atom stereocenters. The molecule has 4 aromatic rings. The standard InChI is InChI=1S/C24H19FN2O3S2/c1-31-20-11-9-19(10-12-20)27-24(28)23(17-3-7-18(25)8-4-17)22(15-26-27)16-5-13-21(14-6-16)32(2,29)30/h3-15H,1-2H3. The smallest absolute Gasteiger partial charge is 0.267 e. The lowest BCUT2D eigenvalue weighted by atomic mass is 9.97. The summed E-state index contributed by atoms with van der Waals surface area (Å²) < 4.78 is 38.4. The number of hydrogen-bond donors (Lipinski definition) is 0. The molecule has 0 aliphatic carbocycles. The van der Waals surface area contributed by atoms with Crippen LogP contribution in [0.5, 0.6) is 0 Å². The van der Waals surface area contributed by atoms with Crippen molar-refractivity contribution in [2.24, 2.45) is 0 Å². The molecule has 0 aliphatic heterocycles. The molecule has 0 spiro atoms. The molecular weight excluding hydrogens is 447 g/mol. The topological polar surface area (TPSA) is 69.0 Å². The van der Waals surface area contributed by atoms with Gasteiger partial charge in [-0.05, 0) is 65.9 Å². The molecule has 162 valence electrons. The van der Waals surface area contributed by atoms with Gasteiger partial charge in [-0.15, -0.1) is 11.8 Å². The molecule has 0 atom stereocenters. The van der Waals surface area contributed by atoms with Crippen molar-refractivity contribution < 1.29 is 12.8 Å². The number of aromatic nitrogens is 2. The van der Waals surface area contributed by atoms with Gasteiger partial charge in [-0.3, -0.25) is 4.79 Å². The normalized spacial score (nSPS) is 11.5. The Bertz CT molecular complexity index is 1430. The summed E-state index contributed by atoms with van der Waals surface area (Å²) in [6.07, 6.45) is 4.67. The fourth-order valence-corrected chi connectivity index (χ4v) is 4.40. The molecule has 0 saturated heterocycles. The highest BCUT2D eigenvalue weighted by Crippen LogP contribution is 2.30. The fraction of sp³-hybridized carbons (Fsp3) is 0.0833. The second-order valence-corrected chi connectivity index (χ2v) is 10.0. The van der Waals surface area contributed by atoms with Crippen molar-refractivity contribution in [3.8, 4) is 27.9 Å². The maximum absolute atomic E-state index is 13.5. The Hall–Kier alpha value is -3.23. The van der Waals surface area contributed by atoms with Gasteiger partial charge in [-0.25, -0.2) is 12.8 Å². The second kappa shape index (κ2) is 8.72. The van der Waals surface area contributed by atoms with E-state index in [1.54, 1.807) is 42.2 Å². The molecule has 0 aliphatic rings. The van der Waals surface area contributed by atoms with Gasteiger partial charge in [0.25, 0.3) is 5.56 Å². The maximum Gasteiger partial charge on any atom is 0.279 e. The van der Waals surface area contributed by atoms with Crippen molar-refractivity contribution in [1.29, 1.82) is 0 Å². The van der Waals surface area contributed by atoms with E-state index in [9.17, 15) is 17.6 Å². The zero-order valence-electron chi connectivity index (χ0n) is 17.3. The summed E-state index contributed by atoms with van der Waals surface area (Å²) in [5.41, 5.74) is 2.29. The number of halogens is 1. The average molecular weight is 467 g/mol. The van der Waals surface area contributed by atoms with Crippen LogP contribution in [0.25, 0.3) is 27.9 Å². The summed E-state index contributed by atoms with van der Waals surface area (Å²) in [6, 6.07) is 19.4. The van der Waals surface area contributed by atoms with Crippen LogP contribution in [0.2, 0.25) is 0 Å². The predicted molar refractivity (Wildman–Crippen MR) is 126 cm³/mol. The van der Waals surface area contributed by atoms with Crippen LogP contribution in [0.4, 0.5) is 4.39 Å². The monoisotopic (exact) mass is 466 g/mol. The summed E-state index contributed by atoms with van der Waals surface area (Å²) in [5.74, 6) is -0.408. The molecule has 1 aromatic heterocycles. The van der Waals surface area contributed by atoms with E-state index >= 15 is 0 Å². The first kappa shape index (κ1) is 22.0. The number of hydrogen-bond acceptors (Lipinski definition) is 5. The highest BCUT2D eigenvalue weighted by molar-refractivity contribution is 7.98. The van der Waals surface area contributed by atoms with Crippen LogP contribution in [0.15, 0.2) is 93.6 Å². The van der Waals surface area contributed by atoms with Gasteiger partial charge in [-0.1, -0.05) is 24.3 Å². The van der Waals surface area contributed by atoms with E-state index in [2.05, 4.69) is 5.10 Å². The third kappa shape index (κ3) is 4.37. The molecule has 0 radical (unpaired) electrons. The van der Waals surface area contributed by atoms with Gasteiger partial charge in [0.1, 0.15) is 5.82 Å². The molecule has 0 saturated carbocycles. The van der Waals surface area contributed by atoms with Crippen molar-refractivity contribution in [3.63, 3.8) is 0 Å². The second-order valence-electron chi connectivity index (χ2n) is 7.15. The Balaban J connectivity index is 1.93. The average Bonchev–Trinajstić information content (AvgIpc) is 2.79. The lowest BCUT2D eigenvalue weighted by Crippen LogP contribution is -2.23. The van der Waals surface area contributed by atoms with Gasteiger partial charge in [0, 0.05) is 16.7 Å². The molecule has 0 N–H and O–H groups in total. The van der Waals surface area contributed by atoms with E-state index in [1.165, 1.54) is 28.9 Å². The Morgan fingerprint density at radius 1 is 0.875 bits per heavy atom. The number of rotatable bonds is 5. The van der Waals surface area contributed by atoms with E-state index in [-0.39, 0.29) is 10.5 Å². The van der Waals surface area contributed by atoms with Crippen LogP contribution < -0.4 is 5.56 Å². The Morgan fingerprint density at radius 2 is 1.47 bits per heavy atom. The molecular formula is C24H19FN2O3S2. The van der Waals surface area contributed by atoms with Crippen LogP contribution in [0.1, 0.15) is 0 Å². The van der Waals surface area contributed by atoms with E-state index in [0.29, 0.717) is 27.9 Å². The zero-order valence-corrected chi connectivity index (χ0v) is 19.0. The van der Waals surface area contributed by atoms with Gasteiger partial charge in [0.2, 0.25) is 0 Å². The highest BCUT2D eigenvalue weighted by Gasteiger charge is 2.17. The third-order valence-electron chi connectivity index (χ3n) is 5.02. The summed E-state index contributed by atoms with van der Waals surface area (Å²) >= 11 is 1.59. The van der Waals surface area contributed by atoms with Crippen molar-refractivity contribution in [1.82, 2.24) is 9.78 Å².